The molecule has 190 valence electrons. The van der Waals surface area contributed by atoms with E-state index in [0.29, 0.717) is 17.3 Å². The molecule has 0 atom stereocenters. The first-order valence-electron chi connectivity index (χ1n) is 10.3. The third-order valence-corrected chi connectivity index (χ3v) is 7.20. The second kappa shape index (κ2) is 10.4. The number of halogens is 5. The average Bonchev–Trinajstić information content (AvgIpc) is 2.86. The van der Waals surface area contributed by atoms with Crippen molar-refractivity contribution in [3.63, 3.8) is 0 Å². The summed E-state index contributed by atoms with van der Waals surface area (Å²) in [5, 5.41) is -0.0542. The Balaban J connectivity index is 1.74. The van der Waals surface area contributed by atoms with E-state index in [1.54, 1.807) is 6.07 Å². The lowest BCUT2D eigenvalue weighted by molar-refractivity contribution is -0.137. The Labute approximate surface area is 219 Å². The fourth-order valence-corrected chi connectivity index (χ4v) is 4.83. The maximum Gasteiger partial charge on any atom is 0.417 e. The number of sulfone groups is 1. The van der Waals surface area contributed by atoms with Gasteiger partial charge in [-0.1, -0.05) is 41.4 Å². The maximum atomic E-state index is 13.4. The summed E-state index contributed by atoms with van der Waals surface area (Å²) in [5.41, 5.74) is -0.963. The number of ether oxygens (including phenoxy) is 2. The summed E-state index contributed by atoms with van der Waals surface area (Å²) in [6.45, 7) is 0. The van der Waals surface area contributed by atoms with Crippen LogP contribution in [0.2, 0.25) is 10.0 Å². The third-order valence-electron chi connectivity index (χ3n) is 4.89. The molecule has 3 aromatic carbocycles. The molecule has 1 aromatic heterocycles. The van der Waals surface area contributed by atoms with E-state index >= 15 is 0 Å². The number of esters is 1. The van der Waals surface area contributed by atoms with E-state index < -0.39 is 37.5 Å². The summed E-state index contributed by atoms with van der Waals surface area (Å²) < 4.78 is 76.4. The molecule has 0 aliphatic rings. The van der Waals surface area contributed by atoms with Crippen LogP contribution < -0.4 is 9.47 Å². The molecule has 0 bridgehead atoms. The Morgan fingerprint density at radius 2 is 1.57 bits per heavy atom. The Morgan fingerprint density at radius 3 is 2.19 bits per heavy atom. The molecule has 4 aromatic rings. The van der Waals surface area contributed by atoms with Crippen LogP contribution in [0.3, 0.4) is 0 Å². The molecule has 0 aliphatic heterocycles. The number of benzene rings is 3. The van der Waals surface area contributed by atoms with Crippen LogP contribution in [0, 0.1) is 0 Å². The molecule has 0 N–H and O–H groups in total. The van der Waals surface area contributed by atoms with Gasteiger partial charge >= 0.3 is 12.1 Å². The Bertz CT molecular complexity index is 1560. The highest BCUT2D eigenvalue weighted by Crippen LogP contribution is 2.37. The van der Waals surface area contributed by atoms with Gasteiger partial charge in [-0.25, -0.2) is 18.2 Å². The molecule has 0 unspecified atom stereocenters. The van der Waals surface area contributed by atoms with Crippen molar-refractivity contribution in [2.75, 3.05) is 0 Å². The van der Waals surface area contributed by atoms with Gasteiger partial charge in [-0.3, -0.25) is 0 Å². The van der Waals surface area contributed by atoms with Gasteiger partial charge < -0.3 is 9.47 Å². The largest absolute Gasteiger partial charge is 0.437 e. The number of carbonyl (C=O) groups is 1. The van der Waals surface area contributed by atoms with Gasteiger partial charge in [0.1, 0.15) is 15.7 Å². The van der Waals surface area contributed by atoms with E-state index in [9.17, 15) is 26.4 Å². The van der Waals surface area contributed by atoms with Crippen molar-refractivity contribution in [2.24, 2.45) is 0 Å². The van der Waals surface area contributed by atoms with Gasteiger partial charge in [0, 0.05) is 17.3 Å². The summed E-state index contributed by atoms with van der Waals surface area (Å²) >= 11 is 11.7. The predicted molar refractivity (Wildman–Crippen MR) is 129 cm³/mol. The first kappa shape index (κ1) is 26.5. The van der Waals surface area contributed by atoms with Gasteiger partial charge in [0.2, 0.25) is 15.7 Å². The molecule has 1 heterocycles. The Kier molecular flexibility index (Phi) is 7.44. The quantitative estimate of drug-likeness (QED) is 0.180. The number of hydrogen-bond donors (Lipinski definition) is 0. The molecule has 6 nitrogen and oxygen atoms in total. The minimum Gasteiger partial charge on any atom is -0.437 e. The van der Waals surface area contributed by atoms with Crippen molar-refractivity contribution in [1.82, 2.24) is 4.98 Å². The van der Waals surface area contributed by atoms with E-state index in [0.717, 1.165) is 6.07 Å². The van der Waals surface area contributed by atoms with Gasteiger partial charge in [0.05, 0.1) is 16.0 Å². The Morgan fingerprint density at radius 1 is 0.892 bits per heavy atom. The lowest BCUT2D eigenvalue weighted by atomic mass is 10.2. The highest BCUT2D eigenvalue weighted by molar-refractivity contribution is 7.91. The second-order valence-corrected chi connectivity index (χ2v) is 10.2. The fourth-order valence-electron chi connectivity index (χ4n) is 3.08. The molecule has 0 amide bonds. The molecule has 0 spiro atoms. The first-order chi connectivity index (χ1) is 17.4. The molecule has 0 aliphatic carbocycles. The smallest absolute Gasteiger partial charge is 0.417 e. The van der Waals surface area contributed by atoms with Crippen LogP contribution in [0.1, 0.15) is 15.9 Å². The number of aromatic nitrogens is 1. The van der Waals surface area contributed by atoms with Crippen molar-refractivity contribution in [1.29, 1.82) is 0 Å². The fraction of sp³-hybridized carbons (Fsp3) is 0.0400. The monoisotopic (exact) mass is 567 g/mol. The van der Waals surface area contributed by atoms with Crippen molar-refractivity contribution in [3.05, 3.63) is 106 Å². The minimum absolute atomic E-state index is 0.0957. The number of hydrogen-bond acceptors (Lipinski definition) is 6. The van der Waals surface area contributed by atoms with Gasteiger partial charge in [-0.05, 0) is 54.6 Å². The number of alkyl halides is 3. The lowest BCUT2D eigenvalue weighted by Crippen LogP contribution is -2.12. The molecule has 0 radical (unpaired) electrons. The summed E-state index contributed by atoms with van der Waals surface area (Å²) in [4.78, 5) is 15.7. The van der Waals surface area contributed by atoms with Crippen molar-refractivity contribution in [3.8, 4) is 17.4 Å². The number of pyridine rings is 1. The van der Waals surface area contributed by atoms with Crippen LogP contribution >= 0.6 is 23.2 Å². The summed E-state index contributed by atoms with van der Waals surface area (Å²) in [5.74, 6) is -1.66. The number of rotatable bonds is 6. The van der Waals surface area contributed by atoms with E-state index in [2.05, 4.69) is 4.98 Å². The van der Waals surface area contributed by atoms with Crippen LogP contribution in [0.4, 0.5) is 13.2 Å². The molecule has 0 fully saturated rings. The van der Waals surface area contributed by atoms with Crippen LogP contribution in [0.5, 0.6) is 17.4 Å². The van der Waals surface area contributed by atoms with Crippen LogP contribution in [0.25, 0.3) is 0 Å². The highest BCUT2D eigenvalue weighted by atomic mass is 35.5. The van der Waals surface area contributed by atoms with Crippen LogP contribution in [0.15, 0.2) is 94.9 Å². The molecular formula is C25H14Cl2F3NO5S. The molecular weight excluding hydrogens is 554 g/mol. The second-order valence-electron chi connectivity index (χ2n) is 7.43. The van der Waals surface area contributed by atoms with Crippen molar-refractivity contribution >= 4 is 39.0 Å². The Hall–Kier alpha value is -3.60. The van der Waals surface area contributed by atoms with Crippen LogP contribution in [-0.4, -0.2) is 19.4 Å². The van der Waals surface area contributed by atoms with Crippen LogP contribution in [-0.2, 0) is 16.0 Å². The van der Waals surface area contributed by atoms with Gasteiger partial charge in [-0.2, -0.15) is 13.2 Å². The van der Waals surface area contributed by atoms with Gasteiger partial charge in [0.25, 0.3) is 0 Å². The predicted octanol–water partition coefficient (Wildman–Crippen LogP) is 7.25. The number of carbonyl (C=O) groups excluding carboxylic acids is 1. The van der Waals surface area contributed by atoms with E-state index in [1.165, 1.54) is 60.7 Å². The zero-order chi connectivity index (χ0) is 26.8. The topological polar surface area (TPSA) is 82.6 Å². The molecule has 0 saturated heterocycles. The van der Waals surface area contributed by atoms with Crippen molar-refractivity contribution in [2.45, 2.75) is 16.0 Å². The molecule has 12 heteroatoms. The zero-order valence-electron chi connectivity index (χ0n) is 18.4. The minimum atomic E-state index is -4.66. The van der Waals surface area contributed by atoms with E-state index in [1.807, 2.05) is 0 Å². The maximum absolute atomic E-state index is 13.4. The summed E-state index contributed by atoms with van der Waals surface area (Å²) in [6, 6.07) is 17.2. The normalized spacial score (nSPS) is 11.7. The number of nitrogens with zero attached hydrogens (tertiary/aromatic N) is 1. The standard InChI is InChI=1S/C25H14Cl2F3NO5S/c26-17-8-6-15(7-9-17)24(32)36-21-11-10-18(13-22(21)37(33,34)19-4-2-1-3-5-19)35-23-20(27)12-16(14-31-23)25(28,29)30/h1-14H. The first-order valence-corrected chi connectivity index (χ1v) is 12.5. The third kappa shape index (κ3) is 6.04. The molecule has 0 saturated carbocycles. The summed E-state index contributed by atoms with van der Waals surface area (Å²) in [6.07, 6.45) is -4.13. The summed E-state index contributed by atoms with van der Waals surface area (Å²) in [7, 11) is -4.24. The zero-order valence-corrected chi connectivity index (χ0v) is 20.7. The molecule has 4 rings (SSSR count). The van der Waals surface area contributed by atoms with Gasteiger partial charge in [-0.15, -0.1) is 0 Å². The lowest BCUT2D eigenvalue weighted by Gasteiger charge is -2.14. The van der Waals surface area contributed by atoms with Gasteiger partial charge in [0.15, 0.2) is 5.75 Å². The van der Waals surface area contributed by atoms with Crippen molar-refractivity contribution < 1.29 is 35.9 Å². The average molecular weight is 568 g/mol. The SMILES string of the molecule is O=C(Oc1ccc(Oc2ncc(C(F)(F)F)cc2Cl)cc1S(=O)(=O)c1ccccc1)c1ccc(Cl)cc1. The highest BCUT2D eigenvalue weighted by Gasteiger charge is 2.32. The van der Waals surface area contributed by atoms with E-state index in [-0.39, 0.29) is 27.8 Å². The molecule has 37 heavy (non-hydrogen) atoms. The van der Waals surface area contributed by atoms with E-state index in [4.69, 9.17) is 32.7 Å².